The molecule has 0 aliphatic carbocycles. The number of nitrogens with zero attached hydrogens (tertiary/aromatic N) is 1. The van der Waals surface area contributed by atoms with Crippen molar-refractivity contribution >= 4 is 23.7 Å². The van der Waals surface area contributed by atoms with E-state index >= 15 is 0 Å². The summed E-state index contributed by atoms with van der Waals surface area (Å²) in [7, 11) is 0. The molecule has 0 atom stereocenters. The van der Waals surface area contributed by atoms with E-state index in [-0.39, 0.29) is 31.3 Å². The molecule has 6 heteroatoms. The monoisotopic (exact) mass is 363 g/mol. The van der Waals surface area contributed by atoms with Gasteiger partial charge in [-0.1, -0.05) is 35.7 Å². The zero-order valence-electron chi connectivity index (χ0n) is 15.1. The smallest absolute Gasteiger partial charge is 0.240 e. The lowest BCUT2D eigenvalue weighted by Gasteiger charge is -2.06. The van der Waals surface area contributed by atoms with Crippen LogP contribution >= 0.6 is 0 Å². The number of hydrazone groups is 1. The van der Waals surface area contributed by atoms with Crippen molar-refractivity contribution in [2.45, 2.75) is 19.8 Å². The highest BCUT2D eigenvalue weighted by molar-refractivity contribution is 5.93. The number of hydrogen-bond donors (Lipinski definition) is 2. The minimum atomic E-state index is -0.354. The number of amides is 2. The molecule has 0 aliphatic rings. The predicted molar refractivity (Wildman–Crippen MR) is 106 cm³/mol. The Morgan fingerprint density at radius 3 is 2.56 bits per heavy atom. The van der Waals surface area contributed by atoms with Crippen molar-refractivity contribution in [1.29, 1.82) is 0 Å². The lowest BCUT2D eigenvalue weighted by molar-refractivity contribution is -0.124. The van der Waals surface area contributed by atoms with Crippen LogP contribution in [0.25, 0.3) is 0 Å². The summed E-state index contributed by atoms with van der Waals surface area (Å²) in [6.45, 7) is 2.11. The summed E-state index contributed by atoms with van der Waals surface area (Å²) in [5.41, 5.74) is 4.89. The van der Waals surface area contributed by atoms with E-state index in [4.69, 9.17) is 11.2 Å². The fraction of sp³-hybridized carbons (Fsp3) is 0.190. The van der Waals surface area contributed by atoms with Crippen LogP contribution in [0.4, 0.5) is 5.69 Å². The van der Waals surface area contributed by atoms with Crippen molar-refractivity contribution in [1.82, 2.24) is 5.43 Å². The van der Waals surface area contributed by atoms with Crippen LogP contribution < -0.4 is 15.5 Å². The van der Waals surface area contributed by atoms with Crippen molar-refractivity contribution < 1.29 is 14.3 Å². The van der Waals surface area contributed by atoms with Gasteiger partial charge in [-0.25, -0.2) is 5.43 Å². The van der Waals surface area contributed by atoms with Crippen molar-refractivity contribution in [2.24, 2.45) is 5.10 Å². The average Bonchev–Trinajstić information content (AvgIpc) is 2.67. The van der Waals surface area contributed by atoms with E-state index in [9.17, 15) is 9.59 Å². The number of hydrogen-bond acceptors (Lipinski definition) is 4. The van der Waals surface area contributed by atoms with Gasteiger partial charge in [0.05, 0.1) is 6.21 Å². The van der Waals surface area contributed by atoms with Crippen molar-refractivity contribution in [3.63, 3.8) is 0 Å². The van der Waals surface area contributed by atoms with Crippen molar-refractivity contribution in [2.75, 3.05) is 11.9 Å². The van der Waals surface area contributed by atoms with E-state index in [0.717, 1.165) is 5.56 Å². The summed E-state index contributed by atoms with van der Waals surface area (Å²) in [4.78, 5) is 23.7. The number of anilines is 1. The van der Waals surface area contributed by atoms with E-state index in [1.165, 1.54) is 6.21 Å². The molecule has 0 heterocycles. The molecular weight excluding hydrogens is 342 g/mol. The maximum absolute atomic E-state index is 11.9. The minimum absolute atomic E-state index is 0.0320. The van der Waals surface area contributed by atoms with Crippen LogP contribution in [0.2, 0.25) is 0 Å². The first-order valence-electron chi connectivity index (χ1n) is 8.42. The Labute approximate surface area is 158 Å². The molecule has 0 spiro atoms. The minimum Gasteiger partial charge on any atom is -0.480 e. The topological polar surface area (TPSA) is 79.8 Å². The summed E-state index contributed by atoms with van der Waals surface area (Å²) in [5.74, 6) is 2.38. The third-order valence-corrected chi connectivity index (χ3v) is 3.54. The number of ether oxygens (including phenoxy) is 1. The molecule has 2 amide bonds. The van der Waals surface area contributed by atoms with Gasteiger partial charge in [-0.2, -0.15) is 5.10 Å². The van der Waals surface area contributed by atoms with Gasteiger partial charge in [-0.15, -0.1) is 6.42 Å². The van der Waals surface area contributed by atoms with Gasteiger partial charge < -0.3 is 10.1 Å². The Bertz CT molecular complexity index is 852. The largest absolute Gasteiger partial charge is 0.480 e. The van der Waals surface area contributed by atoms with E-state index in [0.29, 0.717) is 17.0 Å². The van der Waals surface area contributed by atoms with E-state index < -0.39 is 0 Å². The van der Waals surface area contributed by atoms with Gasteiger partial charge in [0.1, 0.15) is 12.4 Å². The van der Waals surface area contributed by atoms with Gasteiger partial charge in [0, 0.05) is 24.1 Å². The fourth-order valence-electron chi connectivity index (χ4n) is 2.16. The van der Waals surface area contributed by atoms with Crippen LogP contribution in [0.1, 0.15) is 24.0 Å². The first-order chi connectivity index (χ1) is 13.1. The standard InChI is InChI=1S/C21H21N3O3/c1-3-14-27-19-7-5-4-6-17(19)15-22-24-21(26)13-12-20(25)23-18-10-8-16(2)9-11-18/h1,4-11,15H,12-14H2,2H3,(H,23,25)(H,24,26). The summed E-state index contributed by atoms with van der Waals surface area (Å²) in [5, 5.41) is 6.64. The second-order valence-electron chi connectivity index (χ2n) is 5.74. The van der Waals surface area contributed by atoms with Crippen LogP contribution in [0.3, 0.4) is 0 Å². The second kappa shape index (κ2) is 10.4. The van der Waals surface area contributed by atoms with Gasteiger partial charge in [-0.05, 0) is 31.2 Å². The molecule has 0 bridgehead atoms. The van der Waals surface area contributed by atoms with Gasteiger partial charge >= 0.3 is 0 Å². The van der Waals surface area contributed by atoms with Crippen LogP contribution in [-0.4, -0.2) is 24.6 Å². The summed E-state index contributed by atoms with van der Waals surface area (Å²) in [6, 6.07) is 14.6. The number of carbonyl (C=O) groups is 2. The molecule has 0 aromatic heterocycles. The molecule has 0 fully saturated rings. The molecule has 6 nitrogen and oxygen atoms in total. The highest BCUT2D eigenvalue weighted by Crippen LogP contribution is 2.15. The number of para-hydroxylation sites is 1. The van der Waals surface area contributed by atoms with Gasteiger partial charge in [0.2, 0.25) is 11.8 Å². The first kappa shape index (κ1) is 19.7. The molecule has 0 saturated carbocycles. The maximum atomic E-state index is 11.9. The SMILES string of the molecule is C#CCOc1ccccc1C=NNC(=O)CCC(=O)Nc1ccc(C)cc1. The molecule has 0 radical (unpaired) electrons. The number of aryl methyl sites for hydroxylation is 1. The van der Waals surface area contributed by atoms with E-state index in [2.05, 4.69) is 21.8 Å². The number of rotatable bonds is 8. The Morgan fingerprint density at radius 1 is 1.11 bits per heavy atom. The van der Waals surface area contributed by atoms with Gasteiger partial charge in [0.25, 0.3) is 0 Å². The molecule has 2 rings (SSSR count). The zero-order valence-corrected chi connectivity index (χ0v) is 15.1. The highest BCUT2D eigenvalue weighted by Gasteiger charge is 2.07. The van der Waals surface area contributed by atoms with Crippen molar-refractivity contribution in [3.05, 3.63) is 59.7 Å². The molecule has 138 valence electrons. The summed E-state index contributed by atoms with van der Waals surface area (Å²) >= 11 is 0. The average molecular weight is 363 g/mol. The quantitative estimate of drug-likeness (QED) is 0.430. The fourth-order valence-corrected chi connectivity index (χ4v) is 2.16. The van der Waals surface area contributed by atoms with Crippen LogP contribution in [0, 0.1) is 19.3 Å². The number of carbonyl (C=O) groups excluding carboxylic acids is 2. The molecule has 27 heavy (non-hydrogen) atoms. The molecular formula is C21H21N3O3. The third-order valence-electron chi connectivity index (χ3n) is 3.54. The van der Waals surface area contributed by atoms with Crippen LogP contribution in [-0.2, 0) is 9.59 Å². The first-order valence-corrected chi connectivity index (χ1v) is 8.42. The number of terminal acetylenes is 1. The predicted octanol–water partition coefficient (Wildman–Crippen LogP) is 2.88. The van der Waals surface area contributed by atoms with Crippen LogP contribution in [0.5, 0.6) is 5.75 Å². The van der Waals surface area contributed by atoms with E-state index in [1.807, 2.05) is 43.3 Å². The number of nitrogens with one attached hydrogen (secondary N) is 2. The normalized spacial score (nSPS) is 10.2. The molecule has 2 aromatic rings. The summed E-state index contributed by atoms with van der Waals surface area (Å²) < 4.78 is 5.39. The van der Waals surface area contributed by atoms with Gasteiger partial charge in [0.15, 0.2) is 0 Å². The van der Waals surface area contributed by atoms with Crippen molar-refractivity contribution in [3.8, 4) is 18.1 Å². The molecule has 2 aromatic carbocycles. The lowest BCUT2D eigenvalue weighted by atomic mass is 10.2. The third kappa shape index (κ3) is 7.04. The Balaban J connectivity index is 1.77. The molecule has 0 unspecified atom stereocenters. The van der Waals surface area contributed by atoms with E-state index in [1.54, 1.807) is 12.1 Å². The Morgan fingerprint density at radius 2 is 1.81 bits per heavy atom. The molecule has 0 aliphatic heterocycles. The summed E-state index contributed by atoms with van der Waals surface area (Å²) in [6.07, 6.45) is 6.75. The molecule has 2 N–H and O–H groups in total. The maximum Gasteiger partial charge on any atom is 0.240 e. The lowest BCUT2D eigenvalue weighted by Crippen LogP contribution is -2.20. The second-order valence-corrected chi connectivity index (χ2v) is 5.74. The highest BCUT2D eigenvalue weighted by atomic mass is 16.5. The van der Waals surface area contributed by atoms with Gasteiger partial charge in [-0.3, -0.25) is 9.59 Å². The Kier molecular flexibility index (Phi) is 7.61. The Hall–Kier alpha value is -3.59. The van der Waals surface area contributed by atoms with Crippen LogP contribution in [0.15, 0.2) is 53.6 Å². The molecule has 0 saturated heterocycles. The number of benzene rings is 2. The zero-order chi connectivity index (χ0) is 19.5.